The molecule has 17 heavy (non-hydrogen) atoms. The van der Waals surface area contributed by atoms with Gasteiger partial charge < -0.3 is 0 Å². The lowest BCUT2D eigenvalue weighted by Crippen LogP contribution is -2.08. The predicted octanol–water partition coefficient (Wildman–Crippen LogP) is 4.21. The van der Waals surface area contributed by atoms with Crippen LogP contribution in [0.25, 0.3) is 0 Å². The number of hydrogen-bond donors (Lipinski definition) is 0. The van der Waals surface area contributed by atoms with Gasteiger partial charge in [-0.1, -0.05) is 6.07 Å². The lowest BCUT2D eigenvalue weighted by molar-refractivity contribution is 0.0985. The Balaban J connectivity index is 2.30. The average Bonchev–Trinajstić information content (AvgIpc) is 2.64. The number of benzene rings is 1. The number of Topliss-reactive ketones (excluding diaryl/α,β-unsaturated/α-hetero) is 1. The second-order valence-electron chi connectivity index (χ2n) is 3.39. The standard InChI is InChI=1S/C12H7BrF2OS/c13-7-4-5-17-11(7)6-10(16)12-8(14)2-1-3-9(12)15/h1-5H,6H2. The molecule has 0 saturated heterocycles. The zero-order chi connectivity index (χ0) is 12.4. The summed E-state index contributed by atoms with van der Waals surface area (Å²) in [5, 5.41) is 1.81. The lowest BCUT2D eigenvalue weighted by Gasteiger charge is -2.03. The molecular formula is C12H7BrF2OS. The zero-order valence-corrected chi connectivity index (χ0v) is 10.9. The molecule has 0 aliphatic heterocycles. The lowest BCUT2D eigenvalue weighted by atomic mass is 10.1. The van der Waals surface area contributed by atoms with Gasteiger partial charge in [-0.15, -0.1) is 11.3 Å². The molecule has 0 unspecified atom stereocenters. The largest absolute Gasteiger partial charge is 0.294 e. The molecule has 88 valence electrons. The number of ketones is 1. The first-order valence-electron chi connectivity index (χ1n) is 4.78. The van der Waals surface area contributed by atoms with Crippen LogP contribution in [0.1, 0.15) is 15.2 Å². The molecule has 1 nitrogen and oxygen atoms in total. The van der Waals surface area contributed by atoms with Gasteiger partial charge in [0, 0.05) is 15.8 Å². The molecule has 0 bridgehead atoms. The molecule has 0 saturated carbocycles. The van der Waals surface area contributed by atoms with Crippen molar-refractivity contribution in [2.45, 2.75) is 6.42 Å². The van der Waals surface area contributed by atoms with Crippen LogP contribution >= 0.6 is 27.3 Å². The van der Waals surface area contributed by atoms with E-state index in [0.29, 0.717) is 0 Å². The van der Waals surface area contributed by atoms with E-state index in [1.807, 2.05) is 5.38 Å². The van der Waals surface area contributed by atoms with Crippen molar-refractivity contribution < 1.29 is 13.6 Å². The van der Waals surface area contributed by atoms with Gasteiger partial charge in [0.25, 0.3) is 0 Å². The van der Waals surface area contributed by atoms with Gasteiger partial charge in [-0.25, -0.2) is 8.78 Å². The SMILES string of the molecule is O=C(Cc1sccc1Br)c1c(F)cccc1F. The molecule has 2 aromatic rings. The Morgan fingerprint density at radius 1 is 1.24 bits per heavy atom. The molecule has 0 aliphatic carbocycles. The molecule has 1 aromatic carbocycles. The van der Waals surface area contributed by atoms with Crippen molar-refractivity contribution in [1.29, 1.82) is 0 Å². The molecule has 1 aromatic heterocycles. The fourth-order valence-corrected chi connectivity index (χ4v) is 2.94. The molecule has 1 heterocycles. The number of thiophene rings is 1. The van der Waals surface area contributed by atoms with E-state index < -0.39 is 23.0 Å². The number of halogens is 3. The molecule has 2 rings (SSSR count). The van der Waals surface area contributed by atoms with Crippen LogP contribution in [-0.4, -0.2) is 5.78 Å². The highest BCUT2D eigenvalue weighted by Gasteiger charge is 2.18. The molecule has 0 atom stereocenters. The average molecular weight is 317 g/mol. The fourth-order valence-electron chi connectivity index (χ4n) is 1.45. The molecule has 5 heteroatoms. The van der Waals surface area contributed by atoms with Crippen molar-refractivity contribution in [3.8, 4) is 0 Å². The Labute approximate surface area is 109 Å². The molecule has 0 amide bonds. The Morgan fingerprint density at radius 3 is 2.41 bits per heavy atom. The minimum absolute atomic E-state index is 0.00387. The van der Waals surface area contributed by atoms with Crippen molar-refractivity contribution in [3.05, 3.63) is 56.2 Å². The Kier molecular flexibility index (Phi) is 3.69. The Bertz CT molecular complexity index is 545. The molecule has 0 N–H and O–H groups in total. The van der Waals surface area contributed by atoms with E-state index in [1.165, 1.54) is 17.4 Å². The number of carbonyl (C=O) groups excluding carboxylic acids is 1. The summed E-state index contributed by atoms with van der Waals surface area (Å²) in [6.07, 6.45) is -0.00387. The van der Waals surface area contributed by atoms with E-state index in [2.05, 4.69) is 15.9 Å². The van der Waals surface area contributed by atoms with E-state index in [9.17, 15) is 13.6 Å². The van der Waals surface area contributed by atoms with Crippen molar-refractivity contribution in [1.82, 2.24) is 0 Å². The van der Waals surface area contributed by atoms with Crippen LogP contribution in [0, 0.1) is 11.6 Å². The van der Waals surface area contributed by atoms with Gasteiger partial charge in [-0.05, 0) is 39.5 Å². The van der Waals surface area contributed by atoms with E-state index in [4.69, 9.17) is 0 Å². The maximum absolute atomic E-state index is 13.4. The topological polar surface area (TPSA) is 17.1 Å². The Hall–Kier alpha value is -1.07. The molecule has 0 aliphatic rings. The van der Waals surface area contributed by atoms with Gasteiger partial charge in [0.1, 0.15) is 11.6 Å². The first kappa shape index (κ1) is 12.4. The van der Waals surface area contributed by atoms with Gasteiger partial charge in [0.15, 0.2) is 5.78 Å². The molecule has 0 fully saturated rings. The van der Waals surface area contributed by atoms with Crippen LogP contribution in [0.3, 0.4) is 0 Å². The summed E-state index contributed by atoms with van der Waals surface area (Å²) in [5.41, 5.74) is -0.465. The third-order valence-electron chi connectivity index (χ3n) is 2.25. The van der Waals surface area contributed by atoms with Gasteiger partial charge in [-0.2, -0.15) is 0 Å². The third kappa shape index (κ3) is 2.61. The maximum Gasteiger partial charge on any atom is 0.174 e. The highest BCUT2D eigenvalue weighted by molar-refractivity contribution is 9.10. The monoisotopic (exact) mass is 316 g/mol. The second-order valence-corrected chi connectivity index (χ2v) is 5.24. The highest BCUT2D eigenvalue weighted by Crippen LogP contribution is 2.25. The highest BCUT2D eigenvalue weighted by atomic mass is 79.9. The van der Waals surface area contributed by atoms with Crippen molar-refractivity contribution in [2.75, 3.05) is 0 Å². The summed E-state index contributed by atoms with van der Waals surface area (Å²) in [5.74, 6) is -2.19. The summed E-state index contributed by atoms with van der Waals surface area (Å²) in [6.45, 7) is 0. The van der Waals surface area contributed by atoms with Gasteiger partial charge in [0.05, 0.1) is 5.56 Å². The minimum atomic E-state index is -0.817. The number of hydrogen-bond acceptors (Lipinski definition) is 2. The van der Waals surface area contributed by atoms with Crippen LogP contribution in [0.15, 0.2) is 34.1 Å². The number of carbonyl (C=O) groups is 1. The molecule has 0 radical (unpaired) electrons. The maximum atomic E-state index is 13.4. The van der Waals surface area contributed by atoms with Crippen LogP contribution in [0.4, 0.5) is 8.78 Å². The molecular weight excluding hydrogens is 310 g/mol. The van der Waals surface area contributed by atoms with Gasteiger partial charge in [-0.3, -0.25) is 4.79 Å². The van der Waals surface area contributed by atoms with Crippen LogP contribution in [0.2, 0.25) is 0 Å². The first-order chi connectivity index (χ1) is 8.09. The van der Waals surface area contributed by atoms with E-state index >= 15 is 0 Å². The van der Waals surface area contributed by atoms with Crippen LogP contribution in [-0.2, 0) is 6.42 Å². The minimum Gasteiger partial charge on any atom is -0.294 e. The normalized spacial score (nSPS) is 10.5. The number of rotatable bonds is 3. The van der Waals surface area contributed by atoms with Crippen LogP contribution in [0.5, 0.6) is 0 Å². The smallest absolute Gasteiger partial charge is 0.174 e. The quantitative estimate of drug-likeness (QED) is 0.775. The molecule has 0 spiro atoms. The summed E-state index contributed by atoms with van der Waals surface area (Å²) in [6, 6.07) is 5.20. The van der Waals surface area contributed by atoms with E-state index in [1.54, 1.807) is 6.07 Å². The predicted molar refractivity (Wildman–Crippen MR) is 66.4 cm³/mol. The van der Waals surface area contributed by atoms with Crippen LogP contribution < -0.4 is 0 Å². The van der Waals surface area contributed by atoms with E-state index in [-0.39, 0.29) is 6.42 Å². The fraction of sp³-hybridized carbons (Fsp3) is 0.0833. The summed E-state index contributed by atoms with van der Waals surface area (Å²) in [4.78, 5) is 12.6. The Morgan fingerprint density at radius 2 is 1.88 bits per heavy atom. The summed E-state index contributed by atoms with van der Waals surface area (Å²) in [7, 11) is 0. The summed E-state index contributed by atoms with van der Waals surface area (Å²) >= 11 is 4.65. The third-order valence-corrected chi connectivity index (χ3v) is 4.18. The van der Waals surface area contributed by atoms with Gasteiger partial charge >= 0.3 is 0 Å². The van der Waals surface area contributed by atoms with Gasteiger partial charge in [0.2, 0.25) is 0 Å². The zero-order valence-electron chi connectivity index (χ0n) is 8.54. The van der Waals surface area contributed by atoms with Crippen molar-refractivity contribution in [2.24, 2.45) is 0 Å². The first-order valence-corrected chi connectivity index (χ1v) is 6.46. The van der Waals surface area contributed by atoms with Crippen molar-refractivity contribution in [3.63, 3.8) is 0 Å². The summed E-state index contributed by atoms with van der Waals surface area (Å²) < 4.78 is 27.5. The van der Waals surface area contributed by atoms with E-state index in [0.717, 1.165) is 21.5 Å². The van der Waals surface area contributed by atoms with Crippen molar-refractivity contribution >= 4 is 33.0 Å². The second kappa shape index (κ2) is 5.06.